The molecule has 1 amide bonds. The molecule has 1 unspecified atom stereocenters. The fraction of sp³-hybridized carbons (Fsp3) is 0.348. The van der Waals surface area contributed by atoms with Crippen LogP contribution in [0.3, 0.4) is 0 Å². The third-order valence-corrected chi connectivity index (χ3v) is 7.66. The second-order valence-corrected chi connectivity index (χ2v) is 9.52. The first-order valence-electron chi connectivity index (χ1n) is 10.1. The molecule has 0 radical (unpaired) electrons. The zero-order valence-electron chi connectivity index (χ0n) is 16.7. The number of carbonyl (C=O) groups is 1. The highest BCUT2D eigenvalue weighted by molar-refractivity contribution is 8.38. The van der Waals surface area contributed by atoms with E-state index in [9.17, 15) is 10.1 Å². The van der Waals surface area contributed by atoms with Crippen molar-refractivity contribution >= 4 is 33.8 Å². The van der Waals surface area contributed by atoms with Crippen LogP contribution in [-0.4, -0.2) is 58.6 Å². The molecule has 0 aliphatic carbocycles. The van der Waals surface area contributed by atoms with E-state index >= 15 is 0 Å². The molecule has 7 heteroatoms. The van der Waals surface area contributed by atoms with Gasteiger partial charge in [0.15, 0.2) is 0 Å². The smallest absolute Gasteiger partial charge is 0.254 e. The molecule has 2 heterocycles. The summed E-state index contributed by atoms with van der Waals surface area (Å²) in [6.45, 7) is 3.55. The highest BCUT2D eigenvalue weighted by Gasteiger charge is 2.28. The lowest BCUT2D eigenvalue weighted by atomic mass is 10.0. The lowest BCUT2D eigenvalue weighted by Gasteiger charge is -2.37. The molecule has 1 atom stereocenters. The molecule has 0 N–H and O–H groups in total. The molecule has 0 spiro atoms. The van der Waals surface area contributed by atoms with E-state index in [0.717, 1.165) is 39.1 Å². The van der Waals surface area contributed by atoms with Gasteiger partial charge in [0.2, 0.25) is 0 Å². The molecule has 1 saturated heterocycles. The molecule has 5 nitrogen and oxygen atoms in total. The predicted molar refractivity (Wildman–Crippen MR) is 125 cm³/mol. The van der Waals surface area contributed by atoms with Gasteiger partial charge in [-0.05, 0) is 17.2 Å². The van der Waals surface area contributed by atoms with E-state index < -0.39 is 0 Å². The number of hydrogen-bond donors (Lipinski definition) is 0. The summed E-state index contributed by atoms with van der Waals surface area (Å²) in [5.41, 5.74) is 2.85. The number of nitrogens with zero attached hydrogens (tertiary/aromatic N) is 4. The van der Waals surface area contributed by atoms with Crippen LogP contribution in [0.25, 0.3) is 0 Å². The highest BCUT2D eigenvalue weighted by Crippen LogP contribution is 2.27. The maximum Gasteiger partial charge on any atom is 0.254 e. The Hall–Kier alpha value is -2.27. The van der Waals surface area contributed by atoms with Crippen LogP contribution in [0.2, 0.25) is 0 Å². The van der Waals surface area contributed by atoms with E-state index in [4.69, 9.17) is 0 Å². The number of aliphatic imine (C=N–C) groups is 1. The Kier molecular flexibility index (Phi) is 7.11. The summed E-state index contributed by atoms with van der Waals surface area (Å²) in [5.74, 6) is 1.90. The Bertz CT molecular complexity index is 949. The molecule has 2 aromatic rings. The lowest BCUT2D eigenvalue weighted by Crippen LogP contribution is -2.49. The van der Waals surface area contributed by atoms with Gasteiger partial charge < -0.3 is 4.90 Å². The van der Waals surface area contributed by atoms with E-state index in [1.165, 1.54) is 0 Å². The molecule has 30 heavy (non-hydrogen) atoms. The lowest BCUT2D eigenvalue weighted by molar-refractivity contribution is 0.0605. The summed E-state index contributed by atoms with van der Waals surface area (Å²) in [7, 11) is 0. The molecule has 154 valence electrons. The van der Waals surface area contributed by atoms with Crippen molar-refractivity contribution in [2.75, 3.05) is 38.5 Å². The second-order valence-electron chi connectivity index (χ2n) is 7.21. The number of hydrogen-bond acceptors (Lipinski definition) is 6. The molecule has 2 aromatic carbocycles. The van der Waals surface area contributed by atoms with Gasteiger partial charge in [0, 0.05) is 43.2 Å². The Morgan fingerprint density at radius 3 is 2.53 bits per heavy atom. The minimum Gasteiger partial charge on any atom is -0.336 e. The van der Waals surface area contributed by atoms with Gasteiger partial charge in [-0.25, -0.2) is 0 Å². The predicted octanol–water partition coefficient (Wildman–Crippen LogP) is 4.05. The number of amides is 1. The van der Waals surface area contributed by atoms with Gasteiger partial charge in [-0.2, -0.15) is 5.26 Å². The maximum atomic E-state index is 13.2. The van der Waals surface area contributed by atoms with Crippen molar-refractivity contribution in [1.29, 1.82) is 5.26 Å². The first kappa shape index (κ1) is 21.0. The van der Waals surface area contributed by atoms with Crippen molar-refractivity contribution in [3.8, 4) is 6.07 Å². The molecular weight excluding hydrogens is 412 g/mol. The fourth-order valence-corrected chi connectivity index (χ4v) is 5.77. The molecule has 2 aliphatic rings. The van der Waals surface area contributed by atoms with E-state index in [-0.39, 0.29) is 11.9 Å². The van der Waals surface area contributed by atoms with Crippen LogP contribution >= 0.6 is 23.5 Å². The van der Waals surface area contributed by atoms with Crippen LogP contribution in [0.4, 0.5) is 0 Å². The molecule has 2 aliphatic heterocycles. The zero-order chi connectivity index (χ0) is 20.8. The Labute approximate surface area is 186 Å². The molecule has 0 saturated carbocycles. The standard InChI is InChI=1S/C23H24N4OS2/c24-16-21(18-6-2-1-3-7-18)26-11-13-27(14-12-26)22(28)20-9-5-4-8-19(20)17-30-23-25-10-15-29-23/h1-9,21H,10-15,17H2. The fourth-order valence-electron chi connectivity index (χ4n) is 3.75. The van der Waals surface area contributed by atoms with Gasteiger partial charge in [0.05, 0.1) is 12.6 Å². The average Bonchev–Trinajstić information content (AvgIpc) is 3.33. The van der Waals surface area contributed by atoms with Gasteiger partial charge >= 0.3 is 0 Å². The van der Waals surface area contributed by atoms with Crippen LogP contribution < -0.4 is 0 Å². The van der Waals surface area contributed by atoms with Crippen molar-refractivity contribution in [2.45, 2.75) is 11.8 Å². The largest absolute Gasteiger partial charge is 0.336 e. The first-order valence-corrected chi connectivity index (χ1v) is 12.1. The Morgan fingerprint density at radius 1 is 1.10 bits per heavy atom. The Morgan fingerprint density at radius 2 is 1.83 bits per heavy atom. The maximum absolute atomic E-state index is 13.2. The van der Waals surface area contributed by atoms with Crippen molar-refractivity contribution in [1.82, 2.24) is 9.80 Å². The van der Waals surface area contributed by atoms with Gasteiger partial charge in [-0.15, -0.1) is 0 Å². The summed E-state index contributed by atoms with van der Waals surface area (Å²) in [6, 6.07) is 19.9. The molecule has 0 aromatic heterocycles. The quantitative estimate of drug-likeness (QED) is 0.708. The van der Waals surface area contributed by atoms with E-state index in [0.29, 0.717) is 26.2 Å². The number of carbonyl (C=O) groups excluding carboxylic acids is 1. The van der Waals surface area contributed by atoms with Crippen LogP contribution in [0, 0.1) is 11.3 Å². The minimum absolute atomic E-state index is 0.0834. The third kappa shape index (κ3) is 4.89. The van der Waals surface area contributed by atoms with Crippen molar-refractivity contribution in [3.05, 3.63) is 71.3 Å². The highest BCUT2D eigenvalue weighted by atomic mass is 32.2. The summed E-state index contributed by atoms with van der Waals surface area (Å²) < 4.78 is 1.12. The number of thioether (sulfide) groups is 2. The van der Waals surface area contributed by atoms with Crippen molar-refractivity contribution in [2.24, 2.45) is 4.99 Å². The molecule has 0 bridgehead atoms. The summed E-state index contributed by atoms with van der Waals surface area (Å²) in [4.78, 5) is 21.8. The van der Waals surface area contributed by atoms with E-state index in [1.54, 1.807) is 23.5 Å². The third-order valence-electron chi connectivity index (χ3n) is 5.36. The summed E-state index contributed by atoms with van der Waals surface area (Å²) >= 11 is 3.51. The van der Waals surface area contributed by atoms with Crippen molar-refractivity contribution in [3.63, 3.8) is 0 Å². The second kappa shape index (κ2) is 10.2. The first-order chi connectivity index (χ1) is 14.8. The summed E-state index contributed by atoms with van der Waals surface area (Å²) in [5, 5.41) is 9.68. The van der Waals surface area contributed by atoms with Gasteiger partial charge in [0.1, 0.15) is 10.4 Å². The van der Waals surface area contributed by atoms with Gasteiger partial charge in [-0.3, -0.25) is 14.7 Å². The normalized spacial score (nSPS) is 18.0. The van der Waals surface area contributed by atoms with Crippen LogP contribution in [0.15, 0.2) is 59.6 Å². The molecule has 1 fully saturated rings. The van der Waals surface area contributed by atoms with Crippen molar-refractivity contribution < 1.29 is 4.79 Å². The van der Waals surface area contributed by atoms with Crippen LogP contribution in [0.5, 0.6) is 0 Å². The molecular formula is C23H24N4OS2. The Balaban J connectivity index is 1.39. The number of piperazine rings is 1. The summed E-state index contributed by atoms with van der Waals surface area (Å²) in [6.07, 6.45) is 0. The monoisotopic (exact) mass is 436 g/mol. The minimum atomic E-state index is -0.267. The molecule has 4 rings (SSSR count). The topological polar surface area (TPSA) is 59.7 Å². The van der Waals surface area contributed by atoms with Crippen LogP contribution in [0.1, 0.15) is 27.5 Å². The average molecular weight is 437 g/mol. The van der Waals surface area contributed by atoms with Gasteiger partial charge in [-0.1, -0.05) is 72.1 Å². The van der Waals surface area contributed by atoms with Crippen LogP contribution in [-0.2, 0) is 5.75 Å². The number of benzene rings is 2. The van der Waals surface area contributed by atoms with E-state index in [2.05, 4.69) is 16.0 Å². The SMILES string of the molecule is N#CC(c1ccccc1)N1CCN(C(=O)c2ccccc2CSC2=NCCS2)CC1. The zero-order valence-corrected chi connectivity index (χ0v) is 18.4. The van der Waals surface area contributed by atoms with E-state index in [1.807, 2.05) is 59.5 Å². The number of rotatable bonds is 5. The van der Waals surface area contributed by atoms with Gasteiger partial charge in [0.25, 0.3) is 5.91 Å². The number of nitriles is 1.